The van der Waals surface area contributed by atoms with Crippen molar-refractivity contribution in [3.05, 3.63) is 0 Å². The highest BCUT2D eigenvalue weighted by Crippen LogP contribution is 2.16. The van der Waals surface area contributed by atoms with Crippen molar-refractivity contribution in [3.63, 3.8) is 0 Å². The van der Waals surface area contributed by atoms with E-state index < -0.39 is 5.97 Å². The van der Waals surface area contributed by atoms with Crippen LogP contribution >= 0.6 is 0 Å². The highest BCUT2D eigenvalue weighted by Gasteiger charge is 2.24. The van der Waals surface area contributed by atoms with Crippen LogP contribution < -0.4 is 10.6 Å². The fourth-order valence-corrected chi connectivity index (χ4v) is 2.74. The Balaban J connectivity index is 2.32. The Hall–Kier alpha value is -1.30. The molecule has 1 fully saturated rings. The maximum atomic E-state index is 11.9. The van der Waals surface area contributed by atoms with Gasteiger partial charge in [0.2, 0.25) is 0 Å². The topological polar surface area (TPSA) is 87.7 Å². The number of nitrogens with one attached hydrogen (secondary N) is 2. The lowest BCUT2D eigenvalue weighted by Crippen LogP contribution is -2.47. The first kappa shape index (κ1) is 17.8. The van der Waals surface area contributed by atoms with Gasteiger partial charge in [0, 0.05) is 19.6 Å². The second-order valence-electron chi connectivity index (χ2n) is 6.29. The van der Waals surface area contributed by atoms with Gasteiger partial charge < -0.3 is 20.5 Å². The van der Waals surface area contributed by atoms with Gasteiger partial charge >= 0.3 is 12.0 Å². The maximum absolute atomic E-state index is 11.9. The molecule has 122 valence electrons. The average molecular weight is 300 g/mol. The Morgan fingerprint density at radius 1 is 1.33 bits per heavy atom. The molecule has 0 aromatic rings. The largest absolute Gasteiger partial charge is 0.481 e. The van der Waals surface area contributed by atoms with E-state index in [0.29, 0.717) is 12.5 Å². The second-order valence-corrected chi connectivity index (χ2v) is 6.29. The molecule has 1 rings (SSSR count). The number of amides is 2. The van der Waals surface area contributed by atoms with Gasteiger partial charge in [0.1, 0.15) is 0 Å². The van der Waals surface area contributed by atoms with Crippen molar-refractivity contribution < 1.29 is 19.4 Å². The zero-order valence-electron chi connectivity index (χ0n) is 13.2. The Bertz CT molecular complexity index is 341. The molecule has 6 heteroatoms. The van der Waals surface area contributed by atoms with Crippen LogP contribution in [-0.2, 0) is 9.53 Å². The highest BCUT2D eigenvalue weighted by molar-refractivity contribution is 5.74. The van der Waals surface area contributed by atoms with Crippen LogP contribution in [0.15, 0.2) is 0 Å². The zero-order valence-corrected chi connectivity index (χ0v) is 13.2. The van der Waals surface area contributed by atoms with Crippen LogP contribution in [-0.4, -0.2) is 42.4 Å². The fourth-order valence-electron chi connectivity index (χ4n) is 2.74. The molecule has 1 aliphatic heterocycles. The third-order valence-electron chi connectivity index (χ3n) is 3.70. The molecule has 3 N–H and O–H groups in total. The number of urea groups is 1. The van der Waals surface area contributed by atoms with Gasteiger partial charge in [-0.3, -0.25) is 4.79 Å². The van der Waals surface area contributed by atoms with Crippen molar-refractivity contribution in [2.45, 2.75) is 58.6 Å². The Morgan fingerprint density at radius 3 is 2.57 bits per heavy atom. The molecule has 0 bridgehead atoms. The number of aliphatic carboxylic acids is 1. The van der Waals surface area contributed by atoms with Crippen LogP contribution in [0.3, 0.4) is 0 Å². The number of carboxylic acid groups (broad SMARTS) is 1. The Morgan fingerprint density at radius 2 is 2.05 bits per heavy atom. The maximum Gasteiger partial charge on any atom is 0.315 e. The summed E-state index contributed by atoms with van der Waals surface area (Å²) >= 11 is 0. The molecule has 0 aliphatic carbocycles. The first-order valence-electron chi connectivity index (χ1n) is 7.76. The van der Waals surface area contributed by atoms with Crippen molar-refractivity contribution in [1.29, 1.82) is 0 Å². The summed E-state index contributed by atoms with van der Waals surface area (Å²) in [5.74, 6) is -0.452. The fraction of sp³-hybridized carbons (Fsp3) is 0.867. The third kappa shape index (κ3) is 7.32. The second kappa shape index (κ2) is 8.87. The molecule has 1 saturated heterocycles. The van der Waals surface area contributed by atoms with Crippen LogP contribution in [0.25, 0.3) is 0 Å². The summed E-state index contributed by atoms with van der Waals surface area (Å²) < 4.78 is 5.53. The average Bonchev–Trinajstić information content (AvgIpc) is 2.88. The van der Waals surface area contributed by atoms with E-state index in [1.165, 1.54) is 0 Å². The van der Waals surface area contributed by atoms with E-state index >= 15 is 0 Å². The lowest BCUT2D eigenvalue weighted by molar-refractivity contribution is -0.138. The van der Waals surface area contributed by atoms with Gasteiger partial charge in [-0.15, -0.1) is 0 Å². The number of carbonyl (C=O) groups excluding carboxylic acids is 1. The van der Waals surface area contributed by atoms with Gasteiger partial charge in [-0.1, -0.05) is 13.8 Å². The molecule has 0 aromatic heterocycles. The molecule has 21 heavy (non-hydrogen) atoms. The molecule has 3 unspecified atom stereocenters. The Kier molecular flexibility index (Phi) is 7.50. The summed E-state index contributed by atoms with van der Waals surface area (Å²) in [6.45, 7) is 7.17. The number of hydrogen-bond donors (Lipinski definition) is 3. The van der Waals surface area contributed by atoms with Crippen LogP contribution in [0.5, 0.6) is 0 Å². The van der Waals surface area contributed by atoms with Crippen LogP contribution in [0.1, 0.15) is 46.5 Å². The number of hydrogen-bond acceptors (Lipinski definition) is 3. The normalized spacial score (nSPS) is 21.0. The summed E-state index contributed by atoms with van der Waals surface area (Å²) in [6.07, 6.45) is 2.96. The first-order chi connectivity index (χ1) is 9.88. The van der Waals surface area contributed by atoms with Gasteiger partial charge in [0.05, 0.1) is 12.1 Å². The number of carbonyl (C=O) groups is 2. The summed E-state index contributed by atoms with van der Waals surface area (Å²) in [7, 11) is 0. The monoisotopic (exact) mass is 300 g/mol. The molecule has 0 saturated carbocycles. The summed E-state index contributed by atoms with van der Waals surface area (Å²) in [4.78, 5) is 22.7. The minimum atomic E-state index is -0.824. The molecule has 1 heterocycles. The summed E-state index contributed by atoms with van der Waals surface area (Å²) in [5, 5.41) is 14.5. The lowest BCUT2D eigenvalue weighted by Gasteiger charge is -2.22. The van der Waals surface area contributed by atoms with Gasteiger partial charge in [-0.2, -0.15) is 0 Å². The summed E-state index contributed by atoms with van der Waals surface area (Å²) in [6, 6.07) is -0.285. The van der Waals surface area contributed by atoms with Crippen LogP contribution in [0.2, 0.25) is 0 Å². The highest BCUT2D eigenvalue weighted by atomic mass is 16.5. The summed E-state index contributed by atoms with van der Waals surface area (Å²) in [5.41, 5.74) is 0. The SMILES string of the molecule is CC(C)CC(CNC(=O)NC(C)C1CCCO1)CC(=O)O. The van der Waals surface area contributed by atoms with Crippen molar-refractivity contribution in [2.75, 3.05) is 13.2 Å². The zero-order chi connectivity index (χ0) is 15.8. The van der Waals surface area contributed by atoms with E-state index in [2.05, 4.69) is 24.5 Å². The van der Waals surface area contributed by atoms with Crippen LogP contribution in [0, 0.1) is 11.8 Å². The number of ether oxygens (including phenoxy) is 1. The standard InChI is InChI=1S/C15H28N2O4/c1-10(2)7-12(8-14(18)19)9-16-15(20)17-11(3)13-5-4-6-21-13/h10-13H,4-9H2,1-3H3,(H,18,19)(H2,16,17,20). The van der Waals surface area contributed by atoms with E-state index in [4.69, 9.17) is 9.84 Å². The van der Waals surface area contributed by atoms with Crippen molar-refractivity contribution >= 4 is 12.0 Å². The third-order valence-corrected chi connectivity index (χ3v) is 3.70. The molecular weight excluding hydrogens is 272 g/mol. The smallest absolute Gasteiger partial charge is 0.315 e. The van der Waals surface area contributed by atoms with Crippen molar-refractivity contribution in [3.8, 4) is 0 Å². The van der Waals surface area contributed by atoms with Crippen molar-refractivity contribution in [2.24, 2.45) is 11.8 Å². The molecule has 0 radical (unpaired) electrons. The number of carboxylic acids is 1. The molecule has 2 amide bonds. The quantitative estimate of drug-likeness (QED) is 0.639. The molecule has 6 nitrogen and oxygen atoms in total. The molecule has 3 atom stereocenters. The van der Waals surface area contributed by atoms with Gasteiger partial charge in [-0.05, 0) is 38.0 Å². The van der Waals surface area contributed by atoms with E-state index in [1.807, 2.05) is 6.92 Å². The predicted molar refractivity (Wildman–Crippen MR) is 80.2 cm³/mol. The van der Waals surface area contributed by atoms with Gasteiger partial charge in [0.15, 0.2) is 0 Å². The van der Waals surface area contributed by atoms with Gasteiger partial charge in [0.25, 0.3) is 0 Å². The molecular formula is C15H28N2O4. The number of rotatable bonds is 8. The van der Waals surface area contributed by atoms with Gasteiger partial charge in [-0.25, -0.2) is 4.79 Å². The predicted octanol–water partition coefficient (Wildman–Crippen LogP) is 1.99. The van der Waals surface area contributed by atoms with E-state index in [9.17, 15) is 9.59 Å². The first-order valence-corrected chi connectivity index (χ1v) is 7.76. The molecule has 0 spiro atoms. The Labute approximate surface area is 126 Å². The lowest BCUT2D eigenvalue weighted by atomic mass is 9.94. The van der Waals surface area contributed by atoms with Crippen LogP contribution in [0.4, 0.5) is 4.79 Å². The van der Waals surface area contributed by atoms with E-state index in [1.54, 1.807) is 0 Å². The van der Waals surface area contributed by atoms with E-state index in [0.717, 1.165) is 25.9 Å². The molecule has 1 aliphatic rings. The minimum absolute atomic E-state index is 0.0319. The van der Waals surface area contributed by atoms with E-state index in [-0.39, 0.29) is 30.5 Å². The molecule has 0 aromatic carbocycles. The minimum Gasteiger partial charge on any atom is -0.481 e. The van der Waals surface area contributed by atoms with Crippen molar-refractivity contribution in [1.82, 2.24) is 10.6 Å².